The van der Waals surface area contributed by atoms with Gasteiger partial charge >= 0.3 is 0 Å². The SMILES string of the molecule is CCN(C)C=Nc1cc(Br)c(OC2CCC(=NOCc3ccccc3)CC2)nc1C. The number of hydrogen-bond donors (Lipinski definition) is 0. The minimum Gasteiger partial charge on any atom is -0.474 e. The topological polar surface area (TPSA) is 59.3 Å². The smallest absolute Gasteiger partial charge is 0.228 e. The Morgan fingerprint density at radius 3 is 2.67 bits per heavy atom. The monoisotopic (exact) mass is 472 g/mol. The lowest BCUT2D eigenvalue weighted by molar-refractivity contribution is 0.124. The van der Waals surface area contributed by atoms with E-state index in [2.05, 4.69) is 38.0 Å². The van der Waals surface area contributed by atoms with E-state index in [0.717, 1.165) is 59.4 Å². The molecule has 1 aromatic carbocycles. The molecule has 0 atom stereocenters. The van der Waals surface area contributed by atoms with Crippen molar-refractivity contribution in [3.8, 4) is 5.88 Å². The van der Waals surface area contributed by atoms with Crippen LogP contribution in [0.3, 0.4) is 0 Å². The van der Waals surface area contributed by atoms with Crippen LogP contribution in [-0.4, -0.2) is 41.6 Å². The molecule has 1 aliphatic carbocycles. The van der Waals surface area contributed by atoms with Crippen molar-refractivity contribution in [1.82, 2.24) is 9.88 Å². The Kier molecular flexibility index (Phi) is 8.25. The van der Waals surface area contributed by atoms with Crippen LogP contribution >= 0.6 is 15.9 Å². The van der Waals surface area contributed by atoms with Crippen molar-refractivity contribution >= 4 is 33.7 Å². The van der Waals surface area contributed by atoms with E-state index in [-0.39, 0.29) is 6.10 Å². The highest BCUT2D eigenvalue weighted by Crippen LogP contribution is 2.32. The molecule has 160 valence electrons. The number of halogens is 1. The summed E-state index contributed by atoms with van der Waals surface area (Å²) in [5, 5.41) is 4.32. The first-order chi connectivity index (χ1) is 14.5. The number of aryl methyl sites for hydroxylation is 1. The van der Waals surface area contributed by atoms with Crippen LogP contribution in [-0.2, 0) is 11.4 Å². The maximum atomic E-state index is 6.17. The van der Waals surface area contributed by atoms with E-state index in [4.69, 9.17) is 9.57 Å². The summed E-state index contributed by atoms with van der Waals surface area (Å²) in [6, 6.07) is 12.0. The van der Waals surface area contributed by atoms with Gasteiger partial charge in [-0.15, -0.1) is 0 Å². The molecule has 6 nitrogen and oxygen atoms in total. The van der Waals surface area contributed by atoms with Gasteiger partial charge in [0.25, 0.3) is 0 Å². The van der Waals surface area contributed by atoms with Gasteiger partial charge in [0.05, 0.1) is 27.9 Å². The molecule has 0 amide bonds. The molecule has 0 unspecified atom stereocenters. The van der Waals surface area contributed by atoms with Gasteiger partial charge in [-0.25, -0.2) is 9.98 Å². The number of rotatable bonds is 8. The summed E-state index contributed by atoms with van der Waals surface area (Å²) in [4.78, 5) is 16.7. The van der Waals surface area contributed by atoms with Crippen molar-refractivity contribution in [2.24, 2.45) is 10.1 Å². The third-order valence-corrected chi connectivity index (χ3v) is 5.62. The summed E-state index contributed by atoms with van der Waals surface area (Å²) in [6.07, 6.45) is 5.51. The molecule has 2 aromatic rings. The molecular formula is C23H29BrN4O2. The molecule has 0 N–H and O–H groups in total. The van der Waals surface area contributed by atoms with E-state index in [1.54, 1.807) is 0 Å². The summed E-state index contributed by atoms with van der Waals surface area (Å²) in [5.41, 5.74) is 3.91. The molecule has 0 radical (unpaired) electrons. The number of oxime groups is 1. The van der Waals surface area contributed by atoms with Gasteiger partial charge in [0.1, 0.15) is 12.7 Å². The van der Waals surface area contributed by atoms with Crippen molar-refractivity contribution in [2.45, 2.75) is 52.2 Å². The zero-order valence-electron chi connectivity index (χ0n) is 17.8. The maximum Gasteiger partial charge on any atom is 0.228 e. The largest absolute Gasteiger partial charge is 0.474 e. The van der Waals surface area contributed by atoms with Crippen LogP contribution in [0, 0.1) is 6.92 Å². The highest BCUT2D eigenvalue weighted by atomic mass is 79.9. The average molecular weight is 473 g/mol. The van der Waals surface area contributed by atoms with Crippen LogP contribution in [0.15, 0.2) is 51.0 Å². The Hall–Kier alpha value is -2.41. The number of pyridine rings is 1. The van der Waals surface area contributed by atoms with Gasteiger partial charge in [-0.1, -0.05) is 35.5 Å². The van der Waals surface area contributed by atoms with Crippen LogP contribution in [0.2, 0.25) is 0 Å². The van der Waals surface area contributed by atoms with E-state index in [1.807, 2.05) is 61.6 Å². The molecule has 0 aliphatic heterocycles. The Morgan fingerprint density at radius 1 is 1.23 bits per heavy atom. The molecule has 1 aromatic heterocycles. The van der Waals surface area contributed by atoms with E-state index < -0.39 is 0 Å². The van der Waals surface area contributed by atoms with Crippen LogP contribution in [0.25, 0.3) is 0 Å². The molecule has 1 aliphatic rings. The Morgan fingerprint density at radius 2 is 1.97 bits per heavy atom. The van der Waals surface area contributed by atoms with Crippen LogP contribution in [0.5, 0.6) is 5.88 Å². The molecule has 1 fully saturated rings. The molecule has 1 heterocycles. The Bertz CT molecular complexity index is 876. The highest BCUT2D eigenvalue weighted by Gasteiger charge is 2.21. The summed E-state index contributed by atoms with van der Waals surface area (Å²) < 4.78 is 7.00. The van der Waals surface area contributed by atoms with E-state index in [1.165, 1.54) is 0 Å². The third-order valence-electron chi connectivity index (χ3n) is 5.06. The number of aromatic nitrogens is 1. The molecule has 0 bridgehead atoms. The zero-order chi connectivity index (χ0) is 21.3. The summed E-state index contributed by atoms with van der Waals surface area (Å²) in [5.74, 6) is 0.626. The van der Waals surface area contributed by atoms with Gasteiger partial charge in [0.2, 0.25) is 5.88 Å². The standard InChI is InChI=1S/C23H29BrN4O2/c1-4-28(3)16-25-22-14-21(24)23(26-17(22)2)30-20-12-10-19(11-13-20)27-29-15-18-8-6-5-7-9-18/h5-9,14,16,20H,4,10-13,15H2,1-3H3. The van der Waals surface area contributed by atoms with Gasteiger partial charge in [-0.2, -0.15) is 0 Å². The second-order valence-corrected chi connectivity index (χ2v) is 8.29. The number of ether oxygens (including phenoxy) is 1. The quantitative estimate of drug-likeness (QED) is 0.282. The van der Waals surface area contributed by atoms with E-state index in [0.29, 0.717) is 12.5 Å². The Balaban J connectivity index is 1.51. The third kappa shape index (κ3) is 6.55. The fourth-order valence-corrected chi connectivity index (χ4v) is 3.47. The van der Waals surface area contributed by atoms with Crippen molar-refractivity contribution in [3.05, 3.63) is 52.1 Å². The van der Waals surface area contributed by atoms with Gasteiger partial charge in [0.15, 0.2) is 0 Å². The molecule has 0 saturated heterocycles. The lowest BCUT2D eigenvalue weighted by atomic mass is 9.96. The molecular weight excluding hydrogens is 444 g/mol. The zero-order valence-corrected chi connectivity index (χ0v) is 19.4. The van der Waals surface area contributed by atoms with Crippen LogP contribution in [0.1, 0.15) is 43.9 Å². The summed E-state index contributed by atoms with van der Waals surface area (Å²) in [7, 11) is 1.99. The van der Waals surface area contributed by atoms with Gasteiger partial charge in [0, 0.05) is 13.6 Å². The maximum absolute atomic E-state index is 6.17. The fourth-order valence-electron chi connectivity index (χ4n) is 3.07. The van der Waals surface area contributed by atoms with Crippen molar-refractivity contribution in [3.63, 3.8) is 0 Å². The lowest BCUT2D eigenvalue weighted by Gasteiger charge is -2.24. The van der Waals surface area contributed by atoms with Crippen LogP contribution < -0.4 is 4.74 Å². The minimum atomic E-state index is 0.127. The lowest BCUT2D eigenvalue weighted by Crippen LogP contribution is -2.25. The van der Waals surface area contributed by atoms with Crippen molar-refractivity contribution in [1.29, 1.82) is 0 Å². The van der Waals surface area contributed by atoms with Crippen LogP contribution in [0.4, 0.5) is 5.69 Å². The van der Waals surface area contributed by atoms with Gasteiger partial charge in [-0.3, -0.25) is 0 Å². The first kappa shape index (κ1) is 22.3. The summed E-state index contributed by atoms with van der Waals surface area (Å²) >= 11 is 3.58. The van der Waals surface area contributed by atoms with E-state index in [9.17, 15) is 0 Å². The normalized spacial score (nSPS) is 16.5. The Labute approximate surface area is 187 Å². The number of nitrogens with zero attached hydrogens (tertiary/aromatic N) is 4. The van der Waals surface area contributed by atoms with Gasteiger partial charge in [-0.05, 0) is 67.1 Å². The first-order valence-electron chi connectivity index (χ1n) is 10.3. The predicted octanol–water partition coefficient (Wildman–Crippen LogP) is 5.66. The van der Waals surface area contributed by atoms with Crippen molar-refractivity contribution < 1.29 is 9.57 Å². The number of hydrogen-bond acceptors (Lipinski definition) is 5. The minimum absolute atomic E-state index is 0.127. The van der Waals surface area contributed by atoms with Crippen molar-refractivity contribution in [2.75, 3.05) is 13.6 Å². The second kappa shape index (κ2) is 11.1. The molecule has 3 rings (SSSR count). The molecule has 30 heavy (non-hydrogen) atoms. The summed E-state index contributed by atoms with van der Waals surface area (Å²) in [6.45, 7) is 5.44. The molecule has 0 spiro atoms. The first-order valence-corrected chi connectivity index (χ1v) is 11.1. The van der Waals surface area contributed by atoms with Gasteiger partial charge < -0.3 is 14.5 Å². The predicted molar refractivity (Wildman–Crippen MR) is 125 cm³/mol. The average Bonchev–Trinajstić information content (AvgIpc) is 2.76. The number of benzene rings is 1. The number of aliphatic imine (C=N–C) groups is 1. The highest BCUT2D eigenvalue weighted by molar-refractivity contribution is 9.10. The second-order valence-electron chi connectivity index (χ2n) is 7.43. The molecule has 7 heteroatoms. The fraction of sp³-hybridized carbons (Fsp3) is 0.435. The van der Waals surface area contributed by atoms with E-state index >= 15 is 0 Å². The molecule has 1 saturated carbocycles.